The second kappa shape index (κ2) is 54.9. The molecule has 6 aromatic heterocycles. The van der Waals surface area contributed by atoms with Crippen LogP contribution in [0.4, 0.5) is 21.2 Å². The van der Waals surface area contributed by atoms with Crippen molar-refractivity contribution in [2.45, 2.75) is 208 Å². The number of aryl methyl sites for hydroxylation is 2. The topological polar surface area (TPSA) is 505 Å². The molecular formula is C87H129N19O19. The van der Waals surface area contributed by atoms with Crippen LogP contribution in [0.15, 0.2) is 70.5 Å². The molecule has 9 rings (SSSR count). The van der Waals surface area contributed by atoms with Crippen LogP contribution in [-0.2, 0) is 123 Å². The van der Waals surface area contributed by atoms with E-state index in [2.05, 4.69) is 75.0 Å². The average molecular weight is 1750 g/mol. The van der Waals surface area contributed by atoms with Gasteiger partial charge in [0.15, 0.2) is 28.7 Å². The Morgan fingerprint density at radius 1 is 0.528 bits per heavy atom. The molecule has 0 unspecified atom stereocenters. The maximum Gasteiger partial charge on any atom is 0.410 e. The van der Waals surface area contributed by atoms with Crippen molar-refractivity contribution in [3.63, 3.8) is 0 Å². The van der Waals surface area contributed by atoms with Crippen molar-refractivity contribution in [1.29, 1.82) is 0 Å². The number of aromatic nitrogens is 10. The van der Waals surface area contributed by atoms with Gasteiger partial charge in [-0.3, -0.25) is 47.9 Å². The molecule has 0 saturated heterocycles. The molecule has 0 aliphatic heterocycles. The van der Waals surface area contributed by atoms with Crippen molar-refractivity contribution >= 4 is 81.3 Å². The third-order valence-corrected chi connectivity index (χ3v) is 21.1. The smallest absolute Gasteiger partial charge is 0.410 e. The molecule has 38 heteroatoms. The van der Waals surface area contributed by atoms with Crippen LogP contribution < -0.4 is 49.8 Å². The van der Waals surface area contributed by atoms with Crippen molar-refractivity contribution < 1.29 is 81.0 Å². The lowest BCUT2D eigenvalue weighted by Crippen LogP contribution is -2.46. The number of nitrogens with two attached hydrogens (primary N) is 3. The van der Waals surface area contributed by atoms with E-state index in [0.29, 0.717) is 194 Å². The number of hydrogen-bond acceptors (Lipinski definition) is 27. The predicted molar refractivity (Wildman–Crippen MR) is 466 cm³/mol. The molecule has 686 valence electrons. The van der Waals surface area contributed by atoms with Gasteiger partial charge in [0.1, 0.15) is 35.1 Å². The molecule has 0 spiro atoms. The number of benzene rings is 1. The lowest BCUT2D eigenvalue weighted by Gasteiger charge is -2.37. The summed E-state index contributed by atoms with van der Waals surface area (Å²) < 4.78 is 52.7. The van der Waals surface area contributed by atoms with E-state index in [-0.39, 0.29) is 142 Å². The number of hydrogen-bond donors (Lipinski definition) is 9. The van der Waals surface area contributed by atoms with Crippen molar-refractivity contribution in [1.82, 2.24) is 80.1 Å². The number of imidazole rings is 2. The summed E-state index contributed by atoms with van der Waals surface area (Å²) in [7, 11) is 0. The largest absolute Gasteiger partial charge is 0.445 e. The Kier molecular flexibility index (Phi) is 43.8. The van der Waals surface area contributed by atoms with Gasteiger partial charge >= 0.3 is 23.5 Å². The van der Waals surface area contributed by atoms with E-state index >= 15 is 0 Å². The summed E-state index contributed by atoms with van der Waals surface area (Å²) in [5, 5.41) is 10.7. The van der Waals surface area contributed by atoms with Gasteiger partial charge in [0.05, 0.1) is 149 Å². The van der Waals surface area contributed by atoms with Gasteiger partial charge in [0.2, 0.25) is 23.6 Å². The Labute approximate surface area is 728 Å². The van der Waals surface area contributed by atoms with Crippen LogP contribution in [0, 0.1) is 11.8 Å². The second-order valence-electron chi connectivity index (χ2n) is 31.3. The third-order valence-electron chi connectivity index (χ3n) is 21.1. The number of fused-ring (bicyclic) bond motifs is 2. The number of ketones is 2. The first-order chi connectivity index (χ1) is 60.5. The zero-order valence-electron chi connectivity index (χ0n) is 73.3. The molecule has 2 atom stereocenters. The average Bonchev–Trinajstić information content (AvgIpc) is 1.57. The van der Waals surface area contributed by atoms with Gasteiger partial charge in [-0.15, -0.1) is 0 Å². The number of urea groups is 1. The minimum atomic E-state index is -0.899. The number of carbonyl (C=O) groups excluding carboxylic acids is 8. The predicted octanol–water partition coefficient (Wildman–Crippen LogP) is 6.01. The molecule has 2 fully saturated rings. The van der Waals surface area contributed by atoms with Crippen LogP contribution in [0.3, 0.4) is 0 Å². The summed E-state index contributed by atoms with van der Waals surface area (Å²) in [6.45, 7) is 19.2. The Balaban J connectivity index is 0.000000345. The molecule has 0 bridgehead atoms. The van der Waals surface area contributed by atoms with Crippen molar-refractivity contribution in [2.24, 2.45) is 17.6 Å². The number of anilines is 2. The summed E-state index contributed by atoms with van der Waals surface area (Å²) in [4.78, 5) is 162. The number of aromatic amines is 2. The van der Waals surface area contributed by atoms with Crippen LogP contribution in [0.25, 0.3) is 22.3 Å². The highest BCUT2D eigenvalue weighted by molar-refractivity contribution is 5.93. The lowest BCUT2D eigenvalue weighted by molar-refractivity contribution is -0.137. The summed E-state index contributed by atoms with van der Waals surface area (Å²) in [6, 6.07) is 13.3. The van der Waals surface area contributed by atoms with Crippen molar-refractivity contribution in [3.8, 4) is 0 Å². The lowest BCUT2D eigenvalue weighted by atomic mass is 9.88. The first-order valence-electron chi connectivity index (χ1n) is 43.6. The van der Waals surface area contributed by atoms with Crippen molar-refractivity contribution in [3.05, 3.63) is 127 Å². The summed E-state index contributed by atoms with van der Waals surface area (Å²) in [5.41, 5.74) is 23.0. The first-order valence-corrected chi connectivity index (χ1v) is 43.6. The number of pyridine rings is 2. The van der Waals surface area contributed by atoms with E-state index in [1.165, 1.54) is 23.0 Å². The summed E-state index contributed by atoms with van der Waals surface area (Å²) in [5.74, 6) is -0.148. The molecule has 2 saturated carbocycles. The third kappa shape index (κ3) is 35.3. The molecule has 2 aliphatic rings. The zero-order valence-corrected chi connectivity index (χ0v) is 73.3. The second-order valence-corrected chi connectivity index (χ2v) is 31.3. The number of nitrogens with zero attached hydrogens (tertiary/aromatic N) is 10. The van der Waals surface area contributed by atoms with E-state index in [1.807, 2.05) is 43.0 Å². The van der Waals surface area contributed by atoms with E-state index in [1.54, 1.807) is 41.6 Å². The number of carbonyl (C=O) groups is 8. The molecule has 6 heterocycles. The molecule has 7 amide bonds. The van der Waals surface area contributed by atoms with Gasteiger partial charge in [-0.1, -0.05) is 76.9 Å². The number of nitrogens with one attached hydrogen (secondary N) is 6. The van der Waals surface area contributed by atoms with E-state index in [0.717, 1.165) is 75.3 Å². The highest BCUT2D eigenvalue weighted by Crippen LogP contribution is 2.30. The number of rotatable bonds is 60. The molecule has 7 aromatic rings. The maximum atomic E-state index is 13.8. The fourth-order valence-corrected chi connectivity index (χ4v) is 13.6. The summed E-state index contributed by atoms with van der Waals surface area (Å²) >= 11 is 0. The molecule has 38 nitrogen and oxygen atoms in total. The van der Waals surface area contributed by atoms with Crippen LogP contribution >= 0.6 is 0 Å². The van der Waals surface area contributed by atoms with Crippen LogP contribution in [-0.4, -0.2) is 250 Å². The number of unbranched alkanes of at least 4 members (excludes halogenated alkanes) is 2. The minimum Gasteiger partial charge on any atom is -0.445 e. The maximum absolute atomic E-state index is 13.8. The first kappa shape index (κ1) is 99.7. The molecular weight excluding hydrogens is 1620 g/mol. The van der Waals surface area contributed by atoms with Crippen LogP contribution in [0.1, 0.15) is 183 Å². The molecule has 2 aliphatic carbocycles. The van der Waals surface area contributed by atoms with Crippen LogP contribution in [0.5, 0.6) is 0 Å². The standard InChI is InChI=1S/C54H79N11O12.C33H50N8O7/c1-5-6-12-47-61-49(55)48-50(62-47)65(53(71)63-48)34-41-18-17-40(32-59-41)33-64(42-9-7-10-42)54(72)77-35-39-15-13-38(14-16-39)30-46(68)45(11-8-20-58-52(56)70)60-51(69)44(36(2)3)31-43(67)19-22-73-24-26-75-28-29-76-27-25-74-23-21-57-37(4)66;1-3-4-8-28-37-31(34)30-32(38-28)41(33(44)39-30)23-26-10-9-25(21-36-26)22-40(27-6-5-7-27)29(43)11-13-45-15-17-47-19-20-48-18-16-46-14-12-35-24(2)42/h13-18,32,36,42,44-45H,5-12,19-31,33-35H2,1-4H3,(H,57,66)(H,60,69)(H,63,71)(H2,55,61,62)(H3,56,58,70);9-10,21,27H,3-8,11-20,22-23H2,1-2H3,(H,35,42)(H,39,44)(H2,34,37,38)/t44-,45-;/m0./s1. The summed E-state index contributed by atoms with van der Waals surface area (Å²) in [6.07, 6.45) is 14.9. The van der Waals surface area contributed by atoms with Gasteiger partial charge in [-0.2, -0.15) is 0 Å². The number of nitrogen functional groups attached to an aromatic ring is 2. The van der Waals surface area contributed by atoms with Gasteiger partial charge in [-0.05, 0) is 105 Å². The number of ether oxygens (including phenoxy) is 9. The van der Waals surface area contributed by atoms with Gasteiger partial charge < -0.3 is 101 Å². The monoisotopic (exact) mass is 1740 g/mol. The zero-order chi connectivity index (χ0) is 89.7. The fraction of sp³-hybridized carbons (Fsp3) is 0.609. The van der Waals surface area contributed by atoms with Gasteiger partial charge in [0.25, 0.3) is 0 Å². The quantitative estimate of drug-likeness (QED) is 0.0197. The van der Waals surface area contributed by atoms with E-state index in [9.17, 15) is 47.9 Å². The highest BCUT2D eigenvalue weighted by atomic mass is 16.6. The molecule has 0 radical (unpaired) electrons. The number of H-pyrrole nitrogens is 2. The van der Waals surface area contributed by atoms with Gasteiger partial charge in [0, 0.05) is 103 Å². The molecule has 1 aromatic carbocycles. The minimum absolute atomic E-state index is 0.000863. The number of amides is 7. The SMILES string of the molecule is CCCCc1nc(N)c2[nH]c(=O)n(Cc3ccc(CN(C(=O)CCOCCOCCOCCOCCNC(C)=O)C4CCC4)cn3)c2n1.CCCCc1nc(N)c2[nH]c(=O)n(Cc3ccc(CN(C(=O)OCc4ccc(CC(=O)[C@H](CCCNC(N)=O)NC(=O)[C@@H](CC(=O)CCOCCOCCOCCOCCNC(C)=O)C(C)C)cc4)C4CCC4)cn3)c2n1. The Morgan fingerprint density at radius 2 is 0.960 bits per heavy atom. The highest BCUT2D eigenvalue weighted by Gasteiger charge is 2.33. The fourth-order valence-electron chi connectivity index (χ4n) is 13.6. The van der Waals surface area contributed by atoms with Gasteiger partial charge in [-0.25, -0.2) is 39.1 Å². The Bertz CT molecular complexity index is 4610. The normalized spacial score (nSPS) is 13.2. The Morgan fingerprint density at radius 3 is 1.38 bits per heavy atom. The number of Topliss-reactive ketones (excluding diaryl/α,β-unsaturated/α-hetero) is 2. The molecule has 125 heavy (non-hydrogen) atoms. The number of primary amides is 1. The van der Waals surface area contributed by atoms with Crippen molar-refractivity contribution in [2.75, 3.05) is 137 Å². The molecule has 12 N–H and O–H groups in total. The van der Waals surface area contributed by atoms with E-state index in [4.69, 9.17) is 59.8 Å². The Hall–Kier alpha value is -10.7. The van der Waals surface area contributed by atoms with Crippen LogP contribution in [0.2, 0.25) is 0 Å². The van der Waals surface area contributed by atoms with E-state index < -0.39 is 30.0 Å².